The molecule has 2 aromatic rings. The number of aromatic nitrogens is 2. The number of ether oxygens (including phenoxy) is 1. The molecule has 154 valence electrons. The highest BCUT2D eigenvalue weighted by Crippen LogP contribution is 2.26. The minimum absolute atomic E-state index is 0.192. The molecule has 0 radical (unpaired) electrons. The number of carbonyl (C=O) groups excluding carboxylic acids is 2. The van der Waals surface area contributed by atoms with E-state index in [4.69, 9.17) is 9.39 Å². The van der Waals surface area contributed by atoms with Gasteiger partial charge in [-0.1, -0.05) is 23.7 Å². The third kappa shape index (κ3) is 4.06. The Labute approximate surface area is 175 Å². The molecular formula is C18H21BBrN3O6. The number of hydrogen-bond donors (Lipinski definition) is 2. The van der Waals surface area contributed by atoms with E-state index in [1.807, 2.05) is 0 Å². The van der Waals surface area contributed by atoms with Gasteiger partial charge in [-0.15, -0.1) is 0 Å². The lowest BCUT2D eigenvalue weighted by Gasteiger charge is -2.39. The van der Waals surface area contributed by atoms with Crippen LogP contribution in [-0.4, -0.2) is 33.8 Å². The molecule has 0 aliphatic carbocycles. The summed E-state index contributed by atoms with van der Waals surface area (Å²) in [5.41, 5.74) is -0.748. The van der Waals surface area contributed by atoms with Gasteiger partial charge in [0.25, 0.3) is 5.97 Å². The molecule has 11 heteroatoms. The van der Waals surface area contributed by atoms with E-state index in [0.29, 0.717) is 10.2 Å². The van der Waals surface area contributed by atoms with Crippen LogP contribution in [0.1, 0.15) is 27.7 Å². The second kappa shape index (κ2) is 7.31. The molecule has 0 fully saturated rings. The van der Waals surface area contributed by atoms with Crippen molar-refractivity contribution in [3.63, 3.8) is 0 Å². The van der Waals surface area contributed by atoms with Crippen LogP contribution in [-0.2, 0) is 25.5 Å². The largest absolute Gasteiger partial charge is 0.632 e. The summed E-state index contributed by atoms with van der Waals surface area (Å²) in [5, 5.41) is 14.4. The van der Waals surface area contributed by atoms with Gasteiger partial charge in [0.1, 0.15) is 10.1 Å². The van der Waals surface area contributed by atoms with Gasteiger partial charge in [-0.25, -0.2) is 14.2 Å². The van der Waals surface area contributed by atoms with Gasteiger partial charge in [-0.3, -0.25) is 10.1 Å². The monoisotopic (exact) mass is 465 g/mol. The van der Waals surface area contributed by atoms with Crippen LogP contribution in [0.5, 0.6) is 0 Å². The Morgan fingerprint density at radius 2 is 1.97 bits per heavy atom. The highest BCUT2D eigenvalue weighted by atomic mass is 79.9. The number of anilines is 2. The molecule has 29 heavy (non-hydrogen) atoms. The summed E-state index contributed by atoms with van der Waals surface area (Å²) >= 11 is 3.35. The topological polar surface area (TPSA) is 111 Å². The molecule has 1 aromatic carbocycles. The third-order valence-electron chi connectivity index (χ3n) is 4.21. The lowest BCUT2D eigenvalue weighted by molar-refractivity contribution is -0.578. The summed E-state index contributed by atoms with van der Waals surface area (Å²) in [7, 11) is 0. The van der Waals surface area contributed by atoms with Crippen LogP contribution >= 0.6 is 15.9 Å². The molecule has 0 saturated heterocycles. The van der Waals surface area contributed by atoms with Crippen molar-refractivity contribution in [3.8, 4) is 0 Å². The average molecular weight is 466 g/mol. The fraction of sp³-hybridized carbons (Fsp3) is 0.333. The van der Waals surface area contributed by atoms with Crippen molar-refractivity contribution in [2.24, 2.45) is 0 Å². The Balaban J connectivity index is 2.17. The average Bonchev–Trinajstić information content (AvgIpc) is 2.57. The second-order valence-electron chi connectivity index (χ2n) is 7.72. The smallest absolute Gasteiger partial charge is 0.511 e. The molecule has 0 bridgehead atoms. The van der Waals surface area contributed by atoms with Crippen molar-refractivity contribution >= 4 is 51.5 Å². The standard InChI is InChI=1S/C18H21BBrN3O6/c1-11(24)29-19(27)12-7-5-6-8-14(12)21-16-13(20)9-22(17(26)23(16)19)10-15(25)28-18(2,3)4/h5-9,21,27H,10H2,1-4H3/t19-/m1/s1. The number of rotatable bonds is 3. The third-order valence-corrected chi connectivity index (χ3v) is 4.79. The van der Waals surface area contributed by atoms with Crippen LogP contribution in [0, 0.1) is 0 Å². The molecule has 1 atom stereocenters. The second-order valence-corrected chi connectivity index (χ2v) is 8.57. The summed E-state index contributed by atoms with van der Waals surface area (Å²) in [6.07, 6.45) is 1.41. The maximum atomic E-state index is 13.2. The van der Waals surface area contributed by atoms with Gasteiger partial charge in [-0.05, 0) is 42.8 Å². The Hall–Kier alpha value is -2.66. The van der Waals surface area contributed by atoms with Crippen molar-refractivity contribution in [3.05, 3.63) is 45.4 Å². The SMILES string of the molecule is CC(=O)O[B@-]1(O)c2ccccc2Nc2c(Br)cn(CC(=O)OC(C)(C)C)c(=O)[n+]21. The van der Waals surface area contributed by atoms with E-state index >= 15 is 0 Å². The number of nitrogens with one attached hydrogen (secondary N) is 1. The van der Waals surface area contributed by atoms with Crippen molar-refractivity contribution in [2.75, 3.05) is 5.32 Å². The van der Waals surface area contributed by atoms with Crippen LogP contribution in [0.2, 0.25) is 0 Å². The summed E-state index contributed by atoms with van der Waals surface area (Å²) in [5.74, 6) is -1.20. The van der Waals surface area contributed by atoms with Crippen LogP contribution in [0.15, 0.2) is 39.7 Å². The number of esters is 1. The highest BCUT2D eigenvalue weighted by molar-refractivity contribution is 9.10. The lowest BCUT2D eigenvalue weighted by atomic mass is 9.61. The number of para-hydroxylation sites is 1. The van der Waals surface area contributed by atoms with E-state index in [9.17, 15) is 19.4 Å². The fourth-order valence-electron chi connectivity index (χ4n) is 3.23. The van der Waals surface area contributed by atoms with Crippen molar-refractivity contribution < 1.29 is 28.5 Å². The number of halogens is 1. The van der Waals surface area contributed by atoms with Crippen LogP contribution in [0.25, 0.3) is 0 Å². The first-order chi connectivity index (χ1) is 13.4. The van der Waals surface area contributed by atoms with E-state index in [-0.39, 0.29) is 17.8 Å². The van der Waals surface area contributed by atoms with Gasteiger partial charge in [-0.2, -0.15) is 0 Å². The first-order valence-electron chi connectivity index (χ1n) is 8.92. The molecule has 9 nitrogen and oxygen atoms in total. The zero-order valence-electron chi connectivity index (χ0n) is 16.4. The molecule has 1 aromatic heterocycles. The van der Waals surface area contributed by atoms with E-state index < -0.39 is 29.9 Å². The Kier molecular flexibility index (Phi) is 5.31. The van der Waals surface area contributed by atoms with E-state index in [2.05, 4.69) is 21.2 Å². The lowest BCUT2D eigenvalue weighted by Crippen LogP contribution is -2.83. The van der Waals surface area contributed by atoms with Crippen LogP contribution in [0.3, 0.4) is 0 Å². The minimum atomic E-state index is -3.24. The van der Waals surface area contributed by atoms with Gasteiger partial charge >= 0.3 is 18.3 Å². The maximum Gasteiger partial charge on any atom is 0.511 e. The normalized spacial score (nSPS) is 17.6. The number of carbonyl (C=O) groups is 2. The molecule has 2 N–H and O–H groups in total. The van der Waals surface area contributed by atoms with Gasteiger partial charge in [0.15, 0.2) is 6.54 Å². The maximum absolute atomic E-state index is 13.2. The van der Waals surface area contributed by atoms with Crippen molar-refractivity contribution in [1.29, 1.82) is 0 Å². The molecular weight excluding hydrogens is 445 g/mol. The Morgan fingerprint density at radius 1 is 1.31 bits per heavy atom. The minimum Gasteiger partial charge on any atom is -0.632 e. The fourth-order valence-corrected chi connectivity index (χ4v) is 3.76. The zero-order valence-corrected chi connectivity index (χ0v) is 18.0. The molecule has 3 rings (SSSR count). The number of hydrogen-bond acceptors (Lipinski definition) is 7. The summed E-state index contributed by atoms with van der Waals surface area (Å²) in [6.45, 7) is 2.67. The Bertz CT molecular complexity index is 1060. The van der Waals surface area contributed by atoms with Crippen LogP contribution in [0.4, 0.5) is 11.5 Å². The Morgan fingerprint density at radius 3 is 2.59 bits per heavy atom. The van der Waals surface area contributed by atoms with Gasteiger partial charge in [0.05, 0.1) is 11.9 Å². The molecule has 1 aliphatic heterocycles. The van der Waals surface area contributed by atoms with E-state index in [1.165, 1.54) is 6.20 Å². The number of fused-ring (bicyclic) bond motifs is 2. The summed E-state index contributed by atoms with van der Waals surface area (Å²) in [6, 6.07) is 6.64. The van der Waals surface area contributed by atoms with Crippen molar-refractivity contribution in [1.82, 2.24) is 4.57 Å². The van der Waals surface area contributed by atoms with E-state index in [1.54, 1.807) is 45.0 Å². The summed E-state index contributed by atoms with van der Waals surface area (Å²) < 4.78 is 12.9. The molecule has 2 heterocycles. The van der Waals surface area contributed by atoms with Gasteiger partial charge in [0, 0.05) is 6.92 Å². The molecule has 0 saturated carbocycles. The van der Waals surface area contributed by atoms with E-state index in [0.717, 1.165) is 16.0 Å². The molecule has 0 amide bonds. The number of benzene rings is 1. The zero-order chi connectivity index (χ0) is 21.6. The number of nitrogens with zero attached hydrogens (tertiary/aromatic N) is 2. The molecule has 0 unspecified atom stereocenters. The first-order valence-corrected chi connectivity index (χ1v) is 9.71. The molecule has 0 spiro atoms. The predicted molar refractivity (Wildman–Crippen MR) is 109 cm³/mol. The van der Waals surface area contributed by atoms with Crippen LogP contribution < -0.4 is 20.9 Å². The first kappa shape index (κ1) is 21.1. The quantitative estimate of drug-likeness (QED) is 0.502. The van der Waals surface area contributed by atoms with Gasteiger partial charge < -0.3 is 18.9 Å². The molecule has 1 aliphatic rings. The van der Waals surface area contributed by atoms with Gasteiger partial charge in [0.2, 0.25) is 5.82 Å². The highest BCUT2D eigenvalue weighted by Gasteiger charge is 2.46. The predicted octanol–water partition coefficient (Wildman–Crippen LogP) is 0.547. The van der Waals surface area contributed by atoms with Crippen molar-refractivity contribution in [2.45, 2.75) is 39.8 Å². The summed E-state index contributed by atoms with van der Waals surface area (Å²) in [4.78, 5) is 37.2.